The fraction of sp³-hybridized carbons (Fsp3) is 0.381. The number of aryl methyl sites for hydroxylation is 1. The number of piperidine rings is 1. The number of H-pyrrole nitrogens is 1. The summed E-state index contributed by atoms with van der Waals surface area (Å²) in [6, 6.07) is 8.49. The maximum atomic E-state index is 13.3. The summed E-state index contributed by atoms with van der Waals surface area (Å²) in [5, 5.41) is 2.85. The van der Waals surface area contributed by atoms with E-state index in [0.717, 1.165) is 31.2 Å². The van der Waals surface area contributed by atoms with E-state index in [-0.39, 0.29) is 29.4 Å². The number of fused-ring (bicyclic) bond motifs is 3. The lowest BCUT2D eigenvalue weighted by Gasteiger charge is -2.39. The van der Waals surface area contributed by atoms with Crippen LogP contribution >= 0.6 is 0 Å². The highest BCUT2D eigenvalue weighted by molar-refractivity contribution is 6.00. The summed E-state index contributed by atoms with van der Waals surface area (Å²) < 4.78 is 14.6. The third kappa shape index (κ3) is 2.65. The van der Waals surface area contributed by atoms with E-state index in [9.17, 15) is 14.0 Å². The number of nitrogens with one attached hydrogen (secondary N) is 1. The Morgan fingerprint density at radius 2 is 1.86 bits per heavy atom. The number of hydrogen-bond acceptors (Lipinski definition) is 3. The van der Waals surface area contributed by atoms with Gasteiger partial charge in [-0.15, -0.1) is 0 Å². The van der Waals surface area contributed by atoms with Gasteiger partial charge in [0.25, 0.3) is 11.5 Å². The first-order chi connectivity index (χ1) is 13.5. The Labute approximate surface area is 161 Å². The molecule has 1 amide bonds. The predicted molar refractivity (Wildman–Crippen MR) is 102 cm³/mol. The van der Waals surface area contributed by atoms with E-state index in [2.05, 4.69) is 10.1 Å². The lowest BCUT2D eigenvalue weighted by molar-refractivity contribution is 0.0573. The average molecular weight is 380 g/mol. The molecule has 2 saturated heterocycles. The summed E-state index contributed by atoms with van der Waals surface area (Å²) in [6.45, 7) is 1.75. The molecule has 2 aromatic heterocycles. The number of nitrogens with zero attached hydrogens (tertiary/aromatic N) is 3. The summed E-state index contributed by atoms with van der Waals surface area (Å²) in [5.41, 5.74) is 2.34. The number of benzene rings is 1. The summed E-state index contributed by atoms with van der Waals surface area (Å²) in [7, 11) is 0. The minimum absolute atomic E-state index is 0.0682. The van der Waals surface area contributed by atoms with Gasteiger partial charge >= 0.3 is 0 Å². The molecule has 3 atom stereocenters. The number of hydrogen-bond donors (Lipinski definition) is 1. The highest BCUT2D eigenvalue weighted by Gasteiger charge is 2.44. The zero-order chi connectivity index (χ0) is 19.4. The minimum Gasteiger partial charge on any atom is -0.332 e. The van der Waals surface area contributed by atoms with Crippen LogP contribution in [0.5, 0.6) is 0 Å². The zero-order valence-electron chi connectivity index (χ0n) is 15.6. The highest BCUT2D eigenvalue weighted by Crippen LogP contribution is 2.43. The summed E-state index contributed by atoms with van der Waals surface area (Å²) in [4.78, 5) is 31.8. The van der Waals surface area contributed by atoms with Gasteiger partial charge in [0, 0.05) is 30.0 Å². The van der Waals surface area contributed by atoms with E-state index >= 15 is 0 Å². The monoisotopic (exact) mass is 380 g/mol. The van der Waals surface area contributed by atoms with E-state index in [0.29, 0.717) is 22.8 Å². The van der Waals surface area contributed by atoms with Crippen LogP contribution in [0, 0.1) is 12.7 Å². The third-order valence-corrected chi connectivity index (χ3v) is 6.17. The Kier molecular flexibility index (Phi) is 3.86. The van der Waals surface area contributed by atoms with Crippen LogP contribution in [0.3, 0.4) is 0 Å². The lowest BCUT2D eigenvalue weighted by atomic mass is 9.85. The van der Waals surface area contributed by atoms with Crippen molar-refractivity contribution in [3.05, 3.63) is 69.5 Å². The van der Waals surface area contributed by atoms with Crippen molar-refractivity contribution < 1.29 is 9.18 Å². The van der Waals surface area contributed by atoms with Gasteiger partial charge in [0.1, 0.15) is 11.4 Å². The molecule has 6 nitrogen and oxygen atoms in total. The fourth-order valence-electron chi connectivity index (χ4n) is 4.91. The molecular formula is C21H21FN4O2. The Morgan fingerprint density at radius 1 is 1.18 bits per heavy atom. The van der Waals surface area contributed by atoms with Gasteiger partial charge in [0.15, 0.2) is 5.65 Å². The third-order valence-electron chi connectivity index (χ3n) is 6.17. The van der Waals surface area contributed by atoms with Crippen LogP contribution in [0.25, 0.3) is 5.65 Å². The average Bonchev–Trinajstić information content (AvgIpc) is 3.20. The van der Waals surface area contributed by atoms with E-state index in [1.807, 2.05) is 17.0 Å². The standard InChI is InChI=1S/C21H21FN4O2/c1-12-8-19(27)26-20(24-12)18(11-23-26)21(28)25-16-6-7-17(25)10-14(9-16)13-2-4-15(22)5-3-13/h2-5,8,11,14,16-17,23H,6-7,9-10H2,1H3/t14?,16-,17+. The number of carbonyl (C=O) groups excluding carboxylic acids is 1. The number of rotatable bonds is 2. The van der Waals surface area contributed by atoms with Gasteiger partial charge in [-0.2, -0.15) is 0 Å². The van der Waals surface area contributed by atoms with E-state index in [4.69, 9.17) is 0 Å². The molecule has 2 aliphatic rings. The molecule has 1 aromatic carbocycles. The van der Waals surface area contributed by atoms with Crippen LogP contribution in [-0.4, -0.2) is 37.5 Å². The molecule has 4 heterocycles. The second-order valence-electron chi connectivity index (χ2n) is 7.90. The SMILES string of the molecule is Cc1cc(=O)n2[nH]cc(C(=O)N3[C@@H]4CC[C@H]3CC(c3ccc(F)cc3)C4)c2n1. The molecule has 5 rings (SSSR count). The smallest absolute Gasteiger partial charge is 0.272 e. The Morgan fingerprint density at radius 3 is 2.54 bits per heavy atom. The quantitative estimate of drug-likeness (QED) is 0.743. The molecule has 3 aromatic rings. The normalized spacial score (nSPS) is 24.1. The molecule has 2 fully saturated rings. The Balaban J connectivity index is 1.45. The van der Waals surface area contributed by atoms with Crippen molar-refractivity contribution in [3.63, 3.8) is 0 Å². The van der Waals surface area contributed by atoms with Gasteiger partial charge in [-0.05, 0) is 56.2 Å². The minimum atomic E-state index is -0.225. The molecule has 28 heavy (non-hydrogen) atoms. The molecular weight excluding hydrogens is 359 g/mol. The van der Waals surface area contributed by atoms with Crippen molar-refractivity contribution in [3.8, 4) is 0 Å². The highest BCUT2D eigenvalue weighted by atomic mass is 19.1. The Bertz CT molecular complexity index is 1100. The van der Waals surface area contributed by atoms with Crippen LogP contribution in [0.4, 0.5) is 4.39 Å². The number of carbonyl (C=O) groups is 1. The molecule has 2 aliphatic heterocycles. The molecule has 1 unspecified atom stereocenters. The number of aromatic amines is 1. The van der Waals surface area contributed by atoms with Gasteiger partial charge in [-0.3, -0.25) is 14.7 Å². The molecule has 144 valence electrons. The molecule has 0 saturated carbocycles. The van der Waals surface area contributed by atoms with Crippen molar-refractivity contribution in [2.75, 3.05) is 0 Å². The predicted octanol–water partition coefficient (Wildman–Crippen LogP) is 3.02. The van der Waals surface area contributed by atoms with Crippen molar-refractivity contribution in [1.82, 2.24) is 19.5 Å². The van der Waals surface area contributed by atoms with E-state index in [1.54, 1.807) is 13.1 Å². The maximum Gasteiger partial charge on any atom is 0.272 e. The number of amides is 1. The Hall–Kier alpha value is -2.96. The first-order valence-electron chi connectivity index (χ1n) is 9.67. The molecule has 1 N–H and O–H groups in total. The van der Waals surface area contributed by atoms with Crippen LogP contribution < -0.4 is 5.56 Å². The topological polar surface area (TPSA) is 70.5 Å². The molecule has 2 bridgehead atoms. The van der Waals surface area contributed by atoms with E-state index < -0.39 is 0 Å². The van der Waals surface area contributed by atoms with Gasteiger partial charge in [0.05, 0.1) is 0 Å². The largest absolute Gasteiger partial charge is 0.332 e. The first-order valence-corrected chi connectivity index (χ1v) is 9.67. The molecule has 0 aliphatic carbocycles. The van der Waals surface area contributed by atoms with Crippen LogP contribution in [0.2, 0.25) is 0 Å². The first kappa shape index (κ1) is 17.2. The number of halogens is 1. The summed E-state index contributed by atoms with van der Waals surface area (Å²) in [6.07, 6.45) is 5.29. The van der Waals surface area contributed by atoms with Crippen LogP contribution in [0.1, 0.15) is 53.2 Å². The van der Waals surface area contributed by atoms with Crippen molar-refractivity contribution in [2.45, 2.75) is 50.6 Å². The van der Waals surface area contributed by atoms with Gasteiger partial charge in [0.2, 0.25) is 0 Å². The van der Waals surface area contributed by atoms with Crippen LogP contribution in [0.15, 0.2) is 41.3 Å². The number of aromatic nitrogens is 3. The second kappa shape index (κ2) is 6.29. The molecule has 7 heteroatoms. The van der Waals surface area contributed by atoms with Crippen molar-refractivity contribution >= 4 is 11.6 Å². The van der Waals surface area contributed by atoms with Gasteiger partial charge < -0.3 is 4.90 Å². The maximum absolute atomic E-state index is 13.3. The van der Waals surface area contributed by atoms with E-state index in [1.165, 1.54) is 22.7 Å². The van der Waals surface area contributed by atoms with Crippen LogP contribution in [-0.2, 0) is 0 Å². The zero-order valence-corrected chi connectivity index (χ0v) is 15.6. The summed E-state index contributed by atoms with van der Waals surface area (Å²) >= 11 is 0. The van der Waals surface area contributed by atoms with Gasteiger partial charge in [-0.1, -0.05) is 12.1 Å². The second-order valence-corrected chi connectivity index (χ2v) is 7.90. The lowest BCUT2D eigenvalue weighted by Crippen LogP contribution is -2.46. The van der Waals surface area contributed by atoms with Crippen molar-refractivity contribution in [1.29, 1.82) is 0 Å². The molecule has 0 spiro atoms. The van der Waals surface area contributed by atoms with Gasteiger partial charge in [-0.25, -0.2) is 13.9 Å². The van der Waals surface area contributed by atoms with Crippen molar-refractivity contribution in [2.24, 2.45) is 0 Å². The molecule has 0 radical (unpaired) electrons. The summed E-state index contributed by atoms with van der Waals surface area (Å²) in [5.74, 6) is 0.0473. The fourth-order valence-corrected chi connectivity index (χ4v) is 4.91.